The van der Waals surface area contributed by atoms with Crippen molar-refractivity contribution in [2.75, 3.05) is 0 Å². The number of halogens is 1. The normalized spacial score (nSPS) is 14.4. The fourth-order valence-corrected chi connectivity index (χ4v) is 5.53. The zero-order chi connectivity index (χ0) is 24.9. The van der Waals surface area contributed by atoms with Crippen LogP contribution < -0.4 is 5.69 Å². The van der Waals surface area contributed by atoms with Crippen LogP contribution in [0, 0.1) is 5.92 Å². The first-order valence-electron chi connectivity index (χ1n) is 12.9. The number of benzene rings is 1. The molecule has 0 amide bonds. The summed E-state index contributed by atoms with van der Waals surface area (Å²) in [6, 6.07) is 12.1. The minimum atomic E-state index is 0.00686. The van der Waals surface area contributed by atoms with Gasteiger partial charge in [-0.15, -0.1) is 10.2 Å². The quantitative estimate of drug-likeness (QED) is 0.323. The van der Waals surface area contributed by atoms with Crippen LogP contribution in [0.3, 0.4) is 0 Å². The van der Waals surface area contributed by atoms with Crippen molar-refractivity contribution < 1.29 is 0 Å². The van der Waals surface area contributed by atoms with Gasteiger partial charge in [-0.1, -0.05) is 74.5 Å². The lowest BCUT2D eigenvalue weighted by Crippen LogP contribution is -2.28. The van der Waals surface area contributed by atoms with Crippen molar-refractivity contribution in [1.82, 2.24) is 34.7 Å². The van der Waals surface area contributed by atoms with Gasteiger partial charge in [0.25, 0.3) is 0 Å². The average molecular weight is 506 g/mol. The summed E-state index contributed by atoms with van der Waals surface area (Å²) in [4.78, 5) is 18.0. The van der Waals surface area contributed by atoms with E-state index in [0.29, 0.717) is 29.1 Å². The highest BCUT2D eigenvalue weighted by molar-refractivity contribution is 6.30. The molecule has 8 nitrogen and oxygen atoms in total. The molecule has 4 aromatic rings. The molecule has 36 heavy (non-hydrogen) atoms. The summed E-state index contributed by atoms with van der Waals surface area (Å²) in [6.45, 7) is 3.39. The lowest BCUT2D eigenvalue weighted by atomic mass is 9.89. The monoisotopic (exact) mass is 505 g/mol. The van der Waals surface area contributed by atoms with Crippen LogP contribution in [0.25, 0.3) is 22.6 Å². The molecule has 0 unspecified atom stereocenters. The van der Waals surface area contributed by atoms with Gasteiger partial charge in [0.15, 0.2) is 0 Å². The molecular formula is C27H32ClN7O. The van der Waals surface area contributed by atoms with E-state index in [2.05, 4.69) is 44.7 Å². The van der Waals surface area contributed by atoms with Gasteiger partial charge >= 0.3 is 5.69 Å². The van der Waals surface area contributed by atoms with E-state index in [0.717, 1.165) is 48.2 Å². The molecule has 1 aromatic carbocycles. The molecule has 0 saturated heterocycles. The Morgan fingerprint density at radius 2 is 1.89 bits per heavy atom. The van der Waals surface area contributed by atoms with Crippen molar-refractivity contribution in [3.05, 3.63) is 69.5 Å². The van der Waals surface area contributed by atoms with E-state index in [1.807, 2.05) is 33.4 Å². The van der Waals surface area contributed by atoms with Crippen molar-refractivity contribution in [2.45, 2.75) is 71.4 Å². The maximum Gasteiger partial charge on any atom is 0.329 e. The van der Waals surface area contributed by atoms with Gasteiger partial charge in [0.2, 0.25) is 5.82 Å². The molecule has 9 heteroatoms. The van der Waals surface area contributed by atoms with Gasteiger partial charge in [0.1, 0.15) is 10.8 Å². The highest BCUT2D eigenvalue weighted by atomic mass is 35.5. The number of H-pyrrole nitrogens is 1. The summed E-state index contributed by atoms with van der Waals surface area (Å²) >= 11 is 6.84. The van der Waals surface area contributed by atoms with E-state index in [4.69, 9.17) is 11.6 Å². The number of nitrogens with zero attached hydrogens (tertiary/aromatic N) is 6. The standard InChI is InChI=1S/C27H32ClN7O/c1-2-3-11-23-25(28)35(18-19-8-5-4-6-9-19)27(36)34(23)17-20-12-14-21(15-13-20)22-10-7-16-29-24(22)26-30-32-33-31-26/h7,10,12-16,19H,2-6,8-9,11,17-18H2,1H3,(H,30,31,32,33). The molecular weight excluding hydrogens is 474 g/mol. The Labute approximate surface area is 215 Å². The topological polar surface area (TPSA) is 94.3 Å². The fraction of sp³-hybridized carbons (Fsp3) is 0.444. The molecule has 0 spiro atoms. The van der Waals surface area contributed by atoms with E-state index < -0.39 is 0 Å². The molecule has 3 heterocycles. The molecule has 1 N–H and O–H groups in total. The van der Waals surface area contributed by atoms with Crippen LogP contribution in [-0.4, -0.2) is 34.7 Å². The van der Waals surface area contributed by atoms with Crippen LogP contribution in [0.1, 0.15) is 63.1 Å². The third kappa shape index (κ3) is 5.14. The van der Waals surface area contributed by atoms with Crippen LogP contribution in [0.2, 0.25) is 5.15 Å². The average Bonchev–Trinajstić information content (AvgIpc) is 3.53. The van der Waals surface area contributed by atoms with Crippen LogP contribution in [0.4, 0.5) is 0 Å². The van der Waals surface area contributed by atoms with E-state index in [1.54, 1.807) is 6.20 Å². The third-order valence-electron chi connectivity index (χ3n) is 7.17. The Kier molecular flexibility index (Phi) is 7.60. The van der Waals surface area contributed by atoms with Crippen molar-refractivity contribution in [3.63, 3.8) is 0 Å². The summed E-state index contributed by atoms with van der Waals surface area (Å²) in [5, 5.41) is 14.9. The summed E-state index contributed by atoms with van der Waals surface area (Å²) in [6.07, 6.45) is 10.7. The molecule has 0 aliphatic heterocycles. The number of aromatic amines is 1. The van der Waals surface area contributed by atoms with Crippen LogP contribution >= 0.6 is 11.6 Å². The van der Waals surface area contributed by atoms with Gasteiger partial charge in [-0.3, -0.25) is 14.1 Å². The number of unbranched alkanes of at least 4 members (excludes halogenated alkanes) is 1. The minimum absolute atomic E-state index is 0.00686. The fourth-order valence-electron chi connectivity index (χ4n) is 5.19. The highest BCUT2D eigenvalue weighted by Gasteiger charge is 2.22. The molecule has 5 rings (SSSR count). The second-order valence-electron chi connectivity index (χ2n) is 9.66. The first kappa shape index (κ1) is 24.4. The Morgan fingerprint density at radius 3 is 2.61 bits per heavy atom. The molecule has 0 radical (unpaired) electrons. The zero-order valence-electron chi connectivity index (χ0n) is 20.7. The highest BCUT2D eigenvalue weighted by Crippen LogP contribution is 2.29. The number of pyridine rings is 1. The second kappa shape index (κ2) is 11.2. The first-order chi connectivity index (χ1) is 17.7. The molecule has 1 fully saturated rings. The predicted octanol–water partition coefficient (Wildman–Crippen LogP) is 5.52. The van der Waals surface area contributed by atoms with E-state index in [-0.39, 0.29) is 5.69 Å². The Bertz CT molecular complexity index is 1340. The van der Waals surface area contributed by atoms with Gasteiger partial charge < -0.3 is 0 Å². The summed E-state index contributed by atoms with van der Waals surface area (Å²) in [5.74, 6) is 0.992. The lowest BCUT2D eigenvalue weighted by molar-refractivity contribution is 0.315. The van der Waals surface area contributed by atoms with Crippen molar-refractivity contribution in [1.29, 1.82) is 0 Å². The van der Waals surface area contributed by atoms with Gasteiger partial charge in [0, 0.05) is 18.3 Å². The number of aromatic nitrogens is 7. The number of hydrogen-bond donors (Lipinski definition) is 1. The van der Waals surface area contributed by atoms with E-state index in [1.165, 1.54) is 32.1 Å². The smallest absolute Gasteiger partial charge is 0.290 e. The largest absolute Gasteiger partial charge is 0.329 e. The molecule has 3 aromatic heterocycles. The van der Waals surface area contributed by atoms with Crippen LogP contribution in [0.5, 0.6) is 0 Å². The van der Waals surface area contributed by atoms with E-state index >= 15 is 0 Å². The van der Waals surface area contributed by atoms with Crippen molar-refractivity contribution >= 4 is 11.6 Å². The maximum atomic E-state index is 13.5. The summed E-state index contributed by atoms with van der Waals surface area (Å²) < 4.78 is 3.70. The van der Waals surface area contributed by atoms with Gasteiger partial charge in [0.05, 0.1) is 12.2 Å². The number of tetrazole rings is 1. The van der Waals surface area contributed by atoms with Crippen molar-refractivity contribution in [2.24, 2.45) is 5.92 Å². The number of hydrogen-bond acceptors (Lipinski definition) is 5. The SMILES string of the molecule is CCCCc1c(Cl)n(CC2CCCCC2)c(=O)n1Cc1ccc(-c2cccnc2-c2nn[nH]n2)cc1. The summed E-state index contributed by atoms with van der Waals surface area (Å²) in [5.41, 5.74) is 4.60. The number of nitrogens with one attached hydrogen (secondary N) is 1. The Hall–Kier alpha value is -3.26. The van der Waals surface area contributed by atoms with Gasteiger partial charge in [-0.05, 0) is 54.0 Å². The molecule has 0 bridgehead atoms. The summed E-state index contributed by atoms with van der Waals surface area (Å²) in [7, 11) is 0. The van der Waals surface area contributed by atoms with Crippen LogP contribution in [-0.2, 0) is 19.5 Å². The minimum Gasteiger partial charge on any atom is -0.290 e. The van der Waals surface area contributed by atoms with Gasteiger partial charge in [-0.2, -0.15) is 5.21 Å². The van der Waals surface area contributed by atoms with Crippen LogP contribution in [0.15, 0.2) is 47.4 Å². The lowest BCUT2D eigenvalue weighted by Gasteiger charge is -2.21. The first-order valence-corrected chi connectivity index (χ1v) is 13.3. The molecule has 1 aliphatic rings. The third-order valence-corrected chi connectivity index (χ3v) is 7.59. The molecule has 1 aliphatic carbocycles. The maximum absolute atomic E-state index is 13.5. The molecule has 0 atom stereocenters. The number of imidazole rings is 1. The predicted molar refractivity (Wildman–Crippen MR) is 141 cm³/mol. The Morgan fingerprint density at radius 1 is 1.08 bits per heavy atom. The van der Waals surface area contributed by atoms with Crippen molar-refractivity contribution in [3.8, 4) is 22.6 Å². The van der Waals surface area contributed by atoms with E-state index in [9.17, 15) is 4.79 Å². The number of rotatable bonds is 9. The second-order valence-corrected chi connectivity index (χ2v) is 10.0. The molecule has 188 valence electrons. The van der Waals surface area contributed by atoms with Gasteiger partial charge in [-0.25, -0.2) is 4.79 Å². The molecule has 1 saturated carbocycles. The zero-order valence-corrected chi connectivity index (χ0v) is 21.4. The Balaban J connectivity index is 1.42.